The largest absolute Gasteiger partial charge is 0.452 e. The van der Waals surface area contributed by atoms with Gasteiger partial charge in [0.05, 0.1) is 5.39 Å². The molecule has 0 saturated carbocycles. The first-order chi connectivity index (χ1) is 25.3. The van der Waals surface area contributed by atoms with Crippen LogP contribution >= 0.6 is 22.7 Å². The maximum Gasteiger partial charge on any atom is 0.180 e. The van der Waals surface area contributed by atoms with Crippen molar-refractivity contribution >= 4 is 85.1 Å². The third-order valence-corrected chi connectivity index (χ3v) is 12.5. The first-order valence-electron chi connectivity index (χ1n) is 17.0. The van der Waals surface area contributed by atoms with E-state index in [-0.39, 0.29) is 0 Å². The summed E-state index contributed by atoms with van der Waals surface area (Å²) in [6.07, 6.45) is 1.67. The Morgan fingerprint density at radius 1 is 0.431 bits per heavy atom. The topological polar surface area (TPSA) is 38.9 Å². The fraction of sp³-hybridized carbons (Fsp3) is 0. The van der Waals surface area contributed by atoms with Crippen LogP contribution in [0, 0.1) is 0 Å². The van der Waals surface area contributed by atoms with Crippen LogP contribution in [-0.2, 0) is 0 Å². The van der Waals surface area contributed by atoms with Crippen molar-refractivity contribution in [2.75, 3.05) is 0 Å². The minimum atomic E-state index is 0.698. The highest BCUT2D eigenvalue weighted by Gasteiger charge is 2.20. The van der Waals surface area contributed by atoms with E-state index in [0.29, 0.717) is 5.58 Å². The van der Waals surface area contributed by atoms with Crippen molar-refractivity contribution in [2.24, 2.45) is 0 Å². The summed E-state index contributed by atoms with van der Waals surface area (Å²) in [5, 5.41) is 6.20. The van der Waals surface area contributed by atoms with Gasteiger partial charge in [0.25, 0.3) is 0 Å². The van der Waals surface area contributed by atoms with Crippen molar-refractivity contribution in [3.05, 3.63) is 158 Å². The van der Waals surface area contributed by atoms with Crippen molar-refractivity contribution in [3.63, 3.8) is 0 Å². The van der Waals surface area contributed by atoms with E-state index >= 15 is 0 Å². The van der Waals surface area contributed by atoms with Crippen molar-refractivity contribution < 1.29 is 4.42 Å². The third kappa shape index (κ3) is 4.42. The molecule has 7 aromatic carbocycles. The summed E-state index contributed by atoms with van der Waals surface area (Å²) in [6.45, 7) is 0. The standard InChI is InChI=1S/C46H26N2OS2/c1-3-22-39-34(14-1)36-19-7-17-32(45(36)50-39)28-11-5-10-27(24-28)31-16-9-21-38-41(31)43-44(49-38)42(47-26-48-43)30-13-6-12-29(25-30)33-18-8-20-37-35-15-2-4-23-40(35)51-46(33)37/h1-26H. The molecule has 4 heterocycles. The Kier molecular flexibility index (Phi) is 6.29. The Hall–Kier alpha value is -6.14. The molecule has 0 aliphatic rings. The molecule has 5 heteroatoms. The molecular weight excluding hydrogens is 661 g/mol. The fourth-order valence-electron chi connectivity index (χ4n) is 7.70. The van der Waals surface area contributed by atoms with Gasteiger partial charge in [-0.25, -0.2) is 9.97 Å². The minimum Gasteiger partial charge on any atom is -0.452 e. The van der Waals surface area contributed by atoms with Crippen LogP contribution in [0.2, 0.25) is 0 Å². The molecule has 0 radical (unpaired) electrons. The normalized spacial score (nSPS) is 11.9. The van der Waals surface area contributed by atoms with Crippen molar-refractivity contribution in [3.8, 4) is 44.6 Å². The number of fused-ring (bicyclic) bond motifs is 9. The summed E-state index contributed by atoms with van der Waals surface area (Å²) in [5.41, 5.74) is 11.1. The van der Waals surface area contributed by atoms with Crippen molar-refractivity contribution in [1.82, 2.24) is 9.97 Å². The lowest BCUT2D eigenvalue weighted by molar-refractivity contribution is 0.667. The van der Waals surface area contributed by atoms with Crippen molar-refractivity contribution in [1.29, 1.82) is 0 Å². The highest BCUT2D eigenvalue weighted by atomic mass is 32.1. The van der Waals surface area contributed by atoms with E-state index in [4.69, 9.17) is 14.4 Å². The summed E-state index contributed by atoms with van der Waals surface area (Å²) in [5.74, 6) is 0. The van der Waals surface area contributed by atoms with Crippen LogP contribution in [0.1, 0.15) is 0 Å². The van der Waals surface area contributed by atoms with Gasteiger partial charge < -0.3 is 4.42 Å². The van der Waals surface area contributed by atoms with E-state index in [1.165, 1.54) is 57.0 Å². The van der Waals surface area contributed by atoms with Gasteiger partial charge in [-0.1, -0.05) is 121 Å². The average molecular weight is 687 g/mol. The Balaban J connectivity index is 1.05. The van der Waals surface area contributed by atoms with Gasteiger partial charge in [-0.05, 0) is 63.7 Å². The molecule has 0 aliphatic carbocycles. The molecule has 11 aromatic rings. The van der Waals surface area contributed by atoms with Gasteiger partial charge in [0.1, 0.15) is 23.1 Å². The van der Waals surface area contributed by atoms with Crippen LogP contribution in [0.3, 0.4) is 0 Å². The van der Waals surface area contributed by atoms with Crippen LogP contribution in [0.25, 0.3) is 107 Å². The van der Waals surface area contributed by atoms with Gasteiger partial charge in [-0.3, -0.25) is 0 Å². The van der Waals surface area contributed by atoms with Crippen molar-refractivity contribution in [2.45, 2.75) is 0 Å². The SMILES string of the molecule is c1cc(-c2ncnc3c2oc2cccc(-c4cccc(-c5cccc6c5sc5ccccc56)c4)c23)cc(-c2cccc3c2sc2ccccc23)c1. The number of hydrogen-bond donors (Lipinski definition) is 0. The maximum absolute atomic E-state index is 6.64. The van der Waals surface area contributed by atoms with Crippen LogP contribution in [0.4, 0.5) is 0 Å². The molecule has 51 heavy (non-hydrogen) atoms. The monoisotopic (exact) mass is 686 g/mol. The van der Waals surface area contributed by atoms with E-state index < -0.39 is 0 Å². The smallest absolute Gasteiger partial charge is 0.180 e. The first-order valence-corrected chi connectivity index (χ1v) is 18.6. The number of furan rings is 1. The summed E-state index contributed by atoms with van der Waals surface area (Å²) in [7, 11) is 0. The van der Waals surface area contributed by atoms with E-state index in [2.05, 4.69) is 146 Å². The lowest BCUT2D eigenvalue weighted by Gasteiger charge is -2.09. The zero-order valence-corrected chi connectivity index (χ0v) is 28.8. The lowest BCUT2D eigenvalue weighted by Crippen LogP contribution is -1.88. The molecule has 0 unspecified atom stereocenters. The predicted octanol–water partition coefficient (Wildman–Crippen LogP) is 13.8. The number of thiophene rings is 2. The molecule has 0 fully saturated rings. The Morgan fingerprint density at radius 2 is 0.941 bits per heavy atom. The van der Waals surface area contributed by atoms with Gasteiger partial charge >= 0.3 is 0 Å². The molecule has 0 aliphatic heterocycles. The minimum absolute atomic E-state index is 0.698. The van der Waals surface area contributed by atoms with E-state index in [1.54, 1.807) is 6.33 Å². The second-order valence-corrected chi connectivity index (χ2v) is 15.0. The third-order valence-electron chi connectivity index (χ3n) is 10.0. The summed E-state index contributed by atoms with van der Waals surface area (Å²) in [4.78, 5) is 9.64. The lowest BCUT2D eigenvalue weighted by atomic mass is 9.96. The highest BCUT2D eigenvalue weighted by molar-refractivity contribution is 7.26. The molecule has 0 saturated heterocycles. The Bertz CT molecular complexity index is 3170. The molecule has 0 atom stereocenters. The predicted molar refractivity (Wildman–Crippen MR) is 217 cm³/mol. The maximum atomic E-state index is 6.64. The van der Waals surface area contributed by atoms with E-state index in [1.807, 2.05) is 28.7 Å². The molecule has 3 nitrogen and oxygen atoms in total. The zero-order chi connectivity index (χ0) is 33.5. The quantitative estimate of drug-likeness (QED) is 0.185. The van der Waals surface area contributed by atoms with Gasteiger partial charge in [0.2, 0.25) is 0 Å². The fourth-order valence-corrected chi connectivity index (χ4v) is 10.2. The molecule has 0 N–H and O–H groups in total. The second-order valence-electron chi connectivity index (χ2n) is 12.9. The number of hydrogen-bond acceptors (Lipinski definition) is 5. The van der Waals surface area contributed by atoms with Crippen LogP contribution in [-0.4, -0.2) is 9.97 Å². The van der Waals surface area contributed by atoms with Gasteiger partial charge in [-0.15, -0.1) is 22.7 Å². The highest BCUT2D eigenvalue weighted by Crippen LogP contribution is 2.44. The second kappa shape index (κ2) is 11.2. The number of benzene rings is 7. The molecule has 4 aromatic heterocycles. The van der Waals surface area contributed by atoms with Gasteiger partial charge in [0.15, 0.2) is 5.58 Å². The number of nitrogens with zero attached hydrogens (tertiary/aromatic N) is 2. The molecule has 0 spiro atoms. The first kappa shape index (κ1) is 28.7. The molecular formula is C46H26N2OS2. The van der Waals surface area contributed by atoms with Crippen LogP contribution in [0.15, 0.2) is 162 Å². The molecule has 0 amide bonds. The summed E-state index contributed by atoms with van der Waals surface area (Å²) >= 11 is 3.71. The Labute approximate surface area is 300 Å². The Morgan fingerprint density at radius 3 is 1.61 bits per heavy atom. The van der Waals surface area contributed by atoms with Crippen LogP contribution in [0.5, 0.6) is 0 Å². The summed E-state index contributed by atoms with van der Waals surface area (Å²) in [6, 6.07) is 54.3. The molecule has 11 rings (SSSR count). The summed E-state index contributed by atoms with van der Waals surface area (Å²) < 4.78 is 11.9. The average Bonchev–Trinajstić information content (AvgIpc) is 3.89. The van der Waals surface area contributed by atoms with E-state index in [0.717, 1.165) is 44.4 Å². The van der Waals surface area contributed by atoms with Gasteiger partial charge in [-0.2, -0.15) is 0 Å². The van der Waals surface area contributed by atoms with E-state index in [9.17, 15) is 0 Å². The zero-order valence-electron chi connectivity index (χ0n) is 27.1. The molecule has 0 bridgehead atoms. The van der Waals surface area contributed by atoms with Crippen LogP contribution < -0.4 is 0 Å². The molecule has 238 valence electrons. The number of rotatable bonds is 4. The van der Waals surface area contributed by atoms with Gasteiger partial charge in [0, 0.05) is 45.9 Å². The number of aromatic nitrogens is 2.